The molecule has 0 unspecified atom stereocenters. The SMILES string of the molecule is FC(F)(F)Oc1ccc(-c2nnc([S-])n2-c2ccc(Cl)cc2)cc1. The van der Waals surface area contributed by atoms with Crippen LogP contribution in [0.1, 0.15) is 0 Å². The van der Waals surface area contributed by atoms with Crippen molar-refractivity contribution >= 4 is 24.2 Å². The van der Waals surface area contributed by atoms with Gasteiger partial charge in [0.15, 0.2) is 5.82 Å². The number of hydrogen-bond donors (Lipinski definition) is 0. The molecule has 0 amide bonds. The van der Waals surface area contributed by atoms with Crippen LogP contribution in [0.4, 0.5) is 13.2 Å². The highest BCUT2D eigenvalue weighted by Gasteiger charge is 2.31. The van der Waals surface area contributed by atoms with Crippen molar-refractivity contribution in [1.82, 2.24) is 14.8 Å². The molecule has 0 spiro atoms. The Morgan fingerprint density at radius 2 is 1.58 bits per heavy atom. The van der Waals surface area contributed by atoms with Crippen LogP contribution < -0.4 is 4.74 Å². The average molecular weight is 371 g/mol. The number of alkyl halides is 3. The molecule has 0 N–H and O–H groups in total. The van der Waals surface area contributed by atoms with Crippen LogP contribution in [0.3, 0.4) is 0 Å². The van der Waals surface area contributed by atoms with Crippen molar-refractivity contribution < 1.29 is 17.9 Å². The maximum absolute atomic E-state index is 12.2. The first-order valence-electron chi connectivity index (χ1n) is 6.58. The molecule has 0 aliphatic carbocycles. The fourth-order valence-electron chi connectivity index (χ4n) is 2.09. The van der Waals surface area contributed by atoms with Gasteiger partial charge in [0.05, 0.1) is 0 Å². The molecular weight excluding hydrogens is 363 g/mol. The predicted molar refractivity (Wildman–Crippen MR) is 84.1 cm³/mol. The number of nitrogens with zero attached hydrogens (tertiary/aromatic N) is 3. The third-order valence-corrected chi connectivity index (χ3v) is 3.58. The van der Waals surface area contributed by atoms with E-state index < -0.39 is 6.36 Å². The van der Waals surface area contributed by atoms with Gasteiger partial charge in [0.1, 0.15) is 5.75 Å². The predicted octanol–water partition coefficient (Wildman–Crippen LogP) is 4.39. The molecule has 0 saturated carbocycles. The zero-order chi connectivity index (χ0) is 17.3. The van der Waals surface area contributed by atoms with Crippen molar-refractivity contribution in [3.8, 4) is 22.8 Å². The Kier molecular flexibility index (Phi) is 4.33. The Balaban J connectivity index is 1.97. The molecule has 0 fully saturated rings. The summed E-state index contributed by atoms with van der Waals surface area (Å²) in [5.41, 5.74) is 1.24. The summed E-state index contributed by atoms with van der Waals surface area (Å²) in [7, 11) is 0. The van der Waals surface area contributed by atoms with Gasteiger partial charge in [-0.2, -0.15) is 5.10 Å². The fraction of sp³-hybridized carbons (Fsp3) is 0.0667. The van der Waals surface area contributed by atoms with Gasteiger partial charge in [-0.05, 0) is 48.5 Å². The van der Waals surface area contributed by atoms with E-state index in [0.717, 1.165) is 0 Å². The topological polar surface area (TPSA) is 39.9 Å². The molecule has 0 bridgehead atoms. The maximum atomic E-state index is 12.2. The van der Waals surface area contributed by atoms with E-state index in [1.807, 2.05) is 0 Å². The van der Waals surface area contributed by atoms with Crippen LogP contribution in [0, 0.1) is 0 Å². The van der Waals surface area contributed by atoms with Crippen molar-refractivity contribution in [1.29, 1.82) is 0 Å². The summed E-state index contributed by atoms with van der Waals surface area (Å²) in [6, 6.07) is 12.2. The third-order valence-electron chi connectivity index (χ3n) is 3.06. The van der Waals surface area contributed by atoms with Gasteiger partial charge in [0.25, 0.3) is 0 Å². The first kappa shape index (κ1) is 16.5. The van der Waals surface area contributed by atoms with E-state index in [1.54, 1.807) is 28.8 Å². The second-order valence-corrected chi connectivity index (χ2v) is 5.49. The molecular formula is C15H8ClF3N3OS-. The first-order valence-corrected chi connectivity index (χ1v) is 7.37. The molecule has 3 aromatic rings. The zero-order valence-corrected chi connectivity index (χ0v) is 13.4. The number of aromatic nitrogens is 3. The van der Waals surface area contributed by atoms with Crippen molar-refractivity contribution in [3.05, 3.63) is 53.6 Å². The highest BCUT2D eigenvalue weighted by Crippen LogP contribution is 2.28. The van der Waals surface area contributed by atoms with Crippen LogP contribution in [0.25, 0.3) is 17.1 Å². The summed E-state index contributed by atoms with van der Waals surface area (Å²) in [5.74, 6) is 0.0864. The number of halogens is 4. The molecule has 4 nitrogen and oxygen atoms in total. The lowest BCUT2D eigenvalue weighted by Gasteiger charge is -2.14. The summed E-state index contributed by atoms with van der Waals surface area (Å²) < 4.78 is 42.1. The zero-order valence-electron chi connectivity index (χ0n) is 11.8. The lowest BCUT2D eigenvalue weighted by Crippen LogP contribution is -2.16. The molecule has 2 aromatic carbocycles. The molecule has 1 heterocycles. The first-order chi connectivity index (χ1) is 11.3. The second kappa shape index (κ2) is 6.29. The van der Waals surface area contributed by atoms with Gasteiger partial charge >= 0.3 is 6.36 Å². The number of hydrogen-bond acceptors (Lipinski definition) is 4. The maximum Gasteiger partial charge on any atom is 0.573 e. The van der Waals surface area contributed by atoms with E-state index >= 15 is 0 Å². The number of benzene rings is 2. The average Bonchev–Trinajstić information content (AvgIpc) is 2.89. The van der Waals surface area contributed by atoms with E-state index in [4.69, 9.17) is 24.2 Å². The van der Waals surface area contributed by atoms with Gasteiger partial charge in [0, 0.05) is 21.4 Å². The highest BCUT2D eigenvalue weighted by molar-refractivity contribution is 7.58. The standard InChI is InChI=1S/C15H9ClF3N3OS/c16-10-3-5-11(6-4-10)22-13(20-21-14(22)24)9-1-7-12(8-2-9)23-15(17,18)19/h1-8H,(H,21,24)/p-1. The van der Waals surface area contributed by atoms with Gasteiger partial charge in [-0.15, -0.1) is 18.3 Å². The summed E-state index contributed by atoms with van der Waals surface area (Å²) in [4.78, 5) is 0. The quantitative estimate of drug-likeness (QED) is 0.641. The smallest absolute Gasteiger partial charge is 0.573 e. The lowest BCUT2D eigenvalue weighted by atomic mass is 10.2. The molecule has 0 aliphatic rings. The summed E-state index contributed by atoms with van der Waals surface area (Å²) >= 11 is 11.0. The lowest BCUT2D eigenvalue weighted by molar-refractivity contribution is -0.274. The monoisotopic (exact) mass is 370 g/mol. The van der Waals surface area contributed by atoms with Gasteiger partial charge < -0.3 is 17.4 Å². The van der Waals surface area contributed by atoms with Gasteiger partial charge in [-0.1, -0.05) is 11.6 Å². The number of rotatable bonds is 3. The second-order valence-electron chi connectivity index (χ2n) is 4.69. The van der Waals surface area contributed by atoms with Crippen molar-refractivity contribution in [2.75, 3.05) is 0 Å². The minimum atomic E-state index is -4.74. The molecule has 0 aliphatic heterocycles. The van der Waals surface area contributed by atoms with Gasteiger partial charge in [-0.3, -0.25) is 4.57 Å². The largest absolute Gasteiger partial charge is 0.740 e. The molecule has 124 valence electrons. The van der Waals surface area contributed by atoms with Crippen LogP contribution >= 0.6 is 11.6 Å². The van der Waals surface area contributed by atoms with E-state index in [-0.39, 0.29) is 10.9 Å². The fourth-order valence-corrected chi connectivity index (χ4v) is 2.44. The highest BCUT2D eigenvalue weighted by atomic mass is 35.5. The molecule has 3 rings (SSSR count). The van der Waals surface area contributed by atoms with Crippen LogP contribution in [0.2, 0.25) is 5.02 Å². The van der Waals surface area contributed by atoms with Crippen LogP contribution in [0.5, 0.6) is 5.75 Å². The van der Waals surface area contributed by atoms with E-state index in [2.05, 4.69) is 14.9 Å². The molecule has 24 heavy (non-hydrogen) atoms. The van der Waals surface area contributed by atoms with Gasteiger partial charge in [-0.25, -0.2) is 0 Å². The van der Waals surface area contributed by atoms with Crippen LogP contribution in [-0.4, -0.2) is 21.1 Å². The van der Waals surface area contributed by atoms with E-state index in [1.165, 1.54) is 24.3 Å². The Bertz CT molecular complexity index is 848. The van der Waals surface area contributed by atoms with Crippen LogP contribution in [0.15, 0.2) is 53.7 Å². The normalized spacial score (nSPS) is 11.5. The molecule has 1 aromatic heterocycles. The van der Waals surface area contributed by atoms with Crippen molar-refractivity contribution in [2.24, 2.45) is 0 Å². The molecule has 9 heteroatoms. The minimum Gasteiger partial charge on any atom is -0.740 e. The minimum absolute atomic E-state index is 0.225. The molecule has 0 saturated heterocycles. The Hall–Kier alpha value is -2.32. The molecule has 0 atom stereocenters. The van der Waals surface area contributed by atoms with E-state index in [9.17, 15) is 13.2 Å². The molecule has 0 radical (unpaired) electrons. The van der Waals surface area contributed by atoms with Crippen molar-refractivity contribution in [2.45, 2.75) is 11.5 Å². The van der Waals surface area contributed by atoms with Crippen LogP contribution in [-0.2, 0) is 12.6 Å². The summed E-state index contributed by atoms with van der Waals surface area (Å²) in [6.45, 7) is 0. The summed E-state index contributed by atoms with van der Waals surface area (Å²) in [6.07, 6.45) is -4.74. The van der Waals surface area contributed by atoms with Gasteiger partial charge in [0.2, 0.25) is 0 Å². The van der Waals surface area contributed by atoms with Crippen molar-refractivity contribution in [3.63, 3.8) is 0 Å². The Labute approximate surface area is 145 Å². The Morgan fingerprint density at radius 1 is 0.958 bits per heavy atom. The Morgan fingerprint density at radius 3 is 2.17 bits per heavy atom. The van der Waals surface area contributed by atoms with E-state index in [0.29, 0.717) is 22.1 Å². The summed E-state index contributed by atoms with van der Waals surface area (Å²) in [5, 5.41) is 8.65. The third kappa shape index (κ3) is 3.60. The number of ether oxygens (including phenoxy) is 1.